The molecule has 6 heteroatoms. The Balaban J connectivity index is 4.98. The monoisotopic (exact) mass is 255 g/mol. The van der Waals surface area contributed by atoms with Gasteiger partial charge in [0.15, 0.2) is 12.4 Å². The van der Waals surface area contributed by atoms with E-state index in [0.717, 1.165) is 0 Å². The van der Waals surface area contributed by atoms with E-state index in [1.54, 1.807) is 26.8 Å². The molecule has 0 rings (SSSR count). The normalized spacial score (nSPS) is 12.6. The van der Waals surface area contributed by atoms with Crippen LogP contribution in [0.25, 0.3) is 0 Å². The Kier molecular flexibility index (Phi) is 7.92. The van der Waals surface area contributed by atoms with E-state index in [0.29, 0.717) is 0 Å². The van der Waals surface area contributed by atoms with E-state index in [1.165, 1.54) is 18.2 Å². The SMILES string of the molecule is C\C=C/C(OCC(=O)OCC)=C(\C=C/C)[N+](=O)[O-]. The Morgan fingerprint density at radius 1 is 1.22 bits per heavy atom. The average molecular weight is 255 g/mol. The van der Waals surface area contributed by atoms with Crippen molar-refractivity contribution in [1.29, 1.82) is 0 Å². The van der Waals surface area contributed by atoms with Crippen LogP contribution >= 0.6 is 0 Å². The number of allylic oxidation sites excluding steroid dienone is 4. The van der Waals surface area contributed by atoms with Crippen LogP contribution < -0.4 is 0 Å². The van der Waals surface area contributed by atoms with E-state index >= 15 is 0 Å². The number of ether oxygens (including phenoxy) is 2. The second-order valence-electron chi connectivity index (χ2n) is 3.10. The summed E-state index contributed by atoms with van der Waals surface area (Å²) in [5, 5.41) is 10.8. The summed E-state index contributed by atoms with van der Waals surface area (Å²) in [5.74, 6) is -0.545. The summed E-state index contributed by atoms with van der Waals surface area (Å²) in [5.41, 5.74) is -0.208. The molecule has 100 valence electrons. The quantitative estimate of drug-likeness (QED) is 0.229. The fraction of sp³-hybridized carbons (Fsp3) is 0.417. The van der Waals surface area contributed by atoms with E-state index in [9.17, 15) is 14.9 Å². The van der Waals surface area contributed by atoms with Gasteiger partial charge in [-0.05, 0) is 26.8 Å². The van der Waals surface area contributed by atoms with Crippen molar-refractivity contribution in [3.05, 3.63) is 45.9 Å². The molecule has 0 spiro atoms. The first-order valence-corrected chi connectivity index (χ1v) is 5.49. The van der Waals surface area contributed by atoms with Gasteiger partial charge >= 0.3 is 11.7 Å². The van der Waals surface area contributed by atoms with Crippen molar-refractivity contribution < 1.29 is 19.2 Å². The highest BCUT2D eigenvalue weighted by atomic mass is 16.6. The Morgan fingerprint density at radius 2 is 1.83 bits per heavy atom. The summed E-state index contributed by atoms with van der Waals surface area (Å²) in [6.45, 7) is 4.90. The second kappa shape index (κ2) is 8.98. The van der Waals surface area contributed by atoms with Gasteiger partial charge in [0.1, 0.15) is 0 Å². The molecule has 0 saturated heterocycles. The first-order valence-electron chi connectivity index (χ1n) is 5.49. The fourth-order valence-corrected chi connectivity index (χ4v) is 1.09. The van der Waals surface area contributed by atoms with Crippen LogP contribution in [0.3, 0.4) is 0 Å². The van der Waals surface area contributed by atoms with Crippen LogP contribution in [0, 0.1) is 10.1 Å². The predicted molar refractivity (Wildman–Crippen MR) is 66.2 cm³/mol. The highest BCUT2D eigenvalue weighted by Gasteiger charge is 2.16. The number of hydrogen-bond donors (Lipinski definition) is 0. The average Bonchev–Trinajstić information content (AvgIpc) is 2.32. The van der Waals surface area contributed by atoms with Gasteiger partial charge in [-0.15, -0.1) is 0 Å². The lowest BCUT2D eigenvalue weighted by atomic mass is 10.3. The van der Waals surface area contributed by atoms with Gasteiger partial charge in [-0.25, -0.2) is 4.79 Å². The molecule has 0 aliphatic heterocycles. The standard InChI is InChI=1S/C12H17NO5/c1-4-7-10(13(15)16)11(8-5-2)18-9-12(14)17-6-3/h4-5,7-8H,6,9H2,1-3H3/b7-4-,8-5-,11-10-. The molecule has 0 N–H and O–H groups in total. The molecule has 0 aromatic heterocycles. The van der Waals surface area contributed by atoms with Crippen LogP contribution in [-0.4, -0.2) is 24.1 Å². The lowest BCUT2D eigenvalue weighted by molar-refractivity contribution is -0.421. The molecule has 0 bridgehead atoms. The lowest BCUT2D eigenvalue weighted by Crippen LogP contribution is -2.13. The number of esters is 1. The molecular formula is C12H17NO5. The van der Waals surface area contributed by atoms with Crippen LogP contribution in [0.4, 0.5) is 0 Å². The van der Waals surface area contributed by atoms with E-state index in [-0.39, 0.29) is 24.7 Å². The van der Waals surface area contributed by atoms with E-state index in [1.807, 2.05) is 0 Å². The van der Waals surface area contributed by atoms with Crippen molar-refractivity contribution >= 4 is 5.97 Å². The molecule has 0 aromatic rings. The molecule has 0 radical (unpaired) electrons. The van der Waals surface area contributed by atoms with Gasteiger partial charge in [-0.1, -0.05) is 12.2 Å². The van der Waals surface area contributed by atoms with Crippen molar-refractivity contribution in [2.75, 3.05) is 13.2 Å². The Hall–Kier alpha value is -2.11. The Bertz CT molecular complexity index is 382. The molecule has 0 saturated carbocycles. The first kappa shape index (κ1) is 15.9. The smallest absolute Gasteiger partial charge is 0.344 e. The van der Waals surface area contributed by atoms with Crippen molar-refractivity contribution in [2.24, 2.45) is 0 Å². The Morgan fingerprint density at radius 3 is 2.28 bits per heavy atom. The zero-order chi connectivity index (χ0) is 14.0. The maximum Gasteiger partial charge on any atom is 0.344 e. The van der Waals surface area contributed by atoms with Gasteiger partial charge in [-0.3, -0.25) is 10.1 Å². The minimum absolute atomic E-state index is 0.0219. The number of nitrogens with zero attached hydrogens (tertiary/aromatic N) is 1. The molecule has 0 aliphatic rings. The summed E-state index contributed by atoms with van der Waals surface area (Å²) in [7, 11) is 0. The molecule has 0 amide bonds. The predicted octanol–water partition coefficient (Wildman–Crippen LogP) is 2.21. The van der Waals surface area contributed by atoms with Crippen LogP contribution in [0.5, 0.6) is 0 Å². The van der Waals surface area contributed by atoms with Gasteiger partial charge < -0.3 is 9.47 Å². The van der Waals surface area contributed by atoms with Gasteiger partial charge in [-0.2, -0.15) is 0 Å². The summed E-state index contributed by atoms with van der Waals surface area (Å²) >= 11 is 0. The molecular weight excluding hydrogens is 238 g/mol. The number of hydrogen-bond acceptors (Lipinski definition) is 5. The Labute approximate surface area is 106 Å². The maximum absolute atomic E-state index is 11.1. The summed E-state index contributed by atoms with van der Waals surface area (Å²) in [4.78, 5) is 21.4. The van der Waals surface area contributed by atoms with Crippen molar-refractivity contribution in [3.8, 4) is 0 Å². The highest BCUT2D eigenvalue weighted by molar-refractivity contribution is 5.70. The first-order chi connectivity index (χ1) is 8.56. The van der Waals surface area contributed by atoms with E-state index in [4.69, 9.17) is 4.74 Å². The fourth-order valence-electron chi connectivity index (χ4n) is 1.09. The molecule has 0 unspecified atom stereocenters. The van der Waals surface area contributed by atoms with Crippen LogP contribution in [0.15, 0.2) is 35.8 Å². The third-order valence-electron chi connectivity index (χ3n) is 1.74. The molecule has 0 heterocycles. The second-order valence-corrected chi connectivity index (χ2v) is 3.10. The van der Waals surface area contributed by atoms with Crippen molar-refractivity contribution in [2.45, 2.75) is 20.8 Å². The number of carbonyl (C=O) groups excluding carboxylic acids is 1. The zero-order valence-corrected chi connectivity index (χ0v) is 10.7. The third-order valence-corrected chi connectivity index (χ3v) is 1.74. The molecule has 0 atom stereocenters. The van der Waals surface area contributed by atoms with Gasteiger partial charge in [0.25, 0.3) is 0 Å². The minimum atomic E-state index is -0.569. The maximum atomic E-state index is 11.1. The minimum Gasteiger partial charge on any atom is -0.475 e. The summed E-state index contributed by atoms with van der Waals surface area (Å²) in [6, 6.07) is 0. The zero-order valence-electron chi connectivity index (χ0n) is 10.7. The number of rotatable bonds is 7. The van der Waals surface area contributed by atoms with Crippen LogP contribution in [0.2, 0.25) is 0 Å². The molecule has 0 aromatic carbocycles. The molecule has 6 nitrogen and oxygen atoms in total. The van der Waals surface area contributed by atoms with Gasteiger partial charge in [0, 0.05) is 6.08 Å². The number of nitro groups is 1. The van der Waals surface area contributed by atoms with Gasteiger partial charge in [0.05, 0.1) is 11.5 Å². The van der Waals surface area contributed by atoms with Crippen LogP contribution in [-0.2, 0) is 14.3 Å². The molecule has 18 heavy (non-hydrogen) atoms. The topological polar surface area (TPSA) is 78.7 Å². The van der Waals surface area contributed by atoms with E-state index in [2.05, 4.69) is 4.74 Å². The molecule has 0 fully saturated rings. The largest absolute Gasteiger partial charge is 0.475 e. The highest BCUT2D eigenvalue weighted by Crippen LogP contribution is 2.11. The third kappa shape index (κ3) is 5.83. The summed E-state index contributed by atoms with van der Waals surface area (Å²) < 4.78 is 9.77. The molecule has 0 aliphatic carbocycles. The van der Waals surface area contributed by atoms with Gasteiger partial charge in [0.2, 0.25) is 0 Å². The van der Waals surface area contributed by atoms with Crippen molar-refractivity contribution in [3.63, 3.8) is 0 Å². The van der Waals surface area contributed by atoms with E-state index < -0.39 is 10.9 Å². The lowest BCUT2D eigenvalue weighted by Gasteiger charge is -2.06. The number of carbonyl (C=O) groups is 1. The van der Waals surface area contributed by atoms with Crippen LogP contribution in [0.1, 0.15) is 20.8 Å². The summed E-state index contributed by atoms with van der Waals surface area (Å²) in [6.07, 6.45) is 5.85. The van der Waals surface area contributed by atoms with Crippen molar-refractivity contribution in [1.82, 2.24) is 0 Å².